The quantitative estimate of drug-likeness (QED) is 0.356. The van der Waals surface area contributed by atoms with Gasteiger partial charge in [0.2, 0.25) is 11.8 Å². The van der Waals surface area contributed by atoms with E-state index in [-0.39, 0.29) is 43.0 Å². The molecule has 9 nitrogen and oxygen atoms in total. The minimum absolute atomic E-state index is 0.0969. The molecule has 1 fully saturated rings. The molecule has 1 aliphatic heterocycles. The van der Waals surface area contributed by atoms with Gasteiger partial charge in [0, 0.05) is 25.2 Å². The molecule has 1 atom stereocenters. The summed E-state index contributed by atoms with van der Waals surface area (Å²) in [5.41, 5.74) is 9.96. The van der Waals surface area contributed by atoms with Crippen LogP contribution in [0.3, 0.4) is 0 Å². The van der Waals surface area contributed by atoms with Gasteiger partial charge in [0.1, 0.15) is 0 Å². The Hall–Kier alpha value is -4.53. The van der Waals surface area contributed by atoms with E-state index in [9.17, 15) is 14.4 Å². The van der Waals surface area contributed by atoms with E-state index in [1.807, 2.05) is 62.4 Å². The number of aryl methyl sites for hydroxylation is 2. The van der Waals surface area contributed by atoms with Gasteiger partial charge in [-0.25, -0.2) is 0 Å². The summed E-state index contributed by atoms with van der Waals surface area (Å²) in [6.07, 6.45) is 0.115. The summed E-state index contributed by atoms with van der Waals surface area (Å²) < 4.78 is 11.2. The van der Waals surface area contributed by atoms with Crippen LogP contribution in [0.25, 0.3) is 0 Å². The van der Waals surface area contributed by atoms with Gasteiger partial charge in [-0.05, 0) is 54.8 Å². The molecular formula is C29H32N4O5. The van der Waals surface area contributed by atoms with Crippen LogP contribution in [-0.2, 0) is 20.9 Å². The lowest BCUT2D eigenvalue weighted by atomic mass is 10.1. The lowest BCUT2D eigenvalue weighted by Crippen LogP contribution is -2.36. The van der Waals surface area contributed by atoms with Gasteiger partial charge < -0.3 is 19.7 Å². The molecule has 0 spiro atoms. The molecule has 1 saturated heterocycles. The number of hydrogen-bond donors (Lipinski definition) is 3. The summed E-state index contributed by atoms with van der Waals surface area (Å²) in [6, 6.07) is 20.5. The number of benzene rings is 3. The fourth-order valence-electron chi connectivity index (χ4n) is 4.17. The van der Waals surface area contributed by atoms with Gasteiger partial charge in [0.05, 0.1) is 18.7 Å². The smallest absolute Gasteiger partial charge is 0.258 e. The second-order valence-corrected chi connectivity index (χ2v) is 9.18. The molecule has 0 radical (unpaired) electrons. The largest absolute Gasteiger partial charge is 0.493 e. The summed E-state index contributed by atoms with van der Waals surface area (Å²) >= 11 is 0. The highest BCUT2D eigenvalue weighted by Crippen LogP contribution is 2.35. The number of carbonyl (C=O) groups is 3. The predicted octanol–water partition coefficient (Wildman–Crippen LogP) is 3.50. The third-order valence-corrected chi connectivity index (χ3v) is 6.50. The minimum Gasteiger partial charge on any atom is -0.493 e. The van der Waals surface area contributed by atoms with Crippen LogP contribution in [0, 0.1) is 19.8 Å². The number of nitrogens with one attached hydrogen (secondary N) is 3. The fraction of sp³-hybridized carbons (Fsp3) is 0.276. The molecule has 3 aromatic rings. The first-order valence-corrected chi connectivity index (χ1v) is 12.4. The van der Waals surface area contributed by atoms with Crippen molar-refractivity contribution >= 4 is 29.1 Å². The van der Waals surface area contributed by atoms with E-state index in [2.05, 4.69) is 16.2 Å². The van der Waals surface area contributed by atoms with E-state index < -0.39 is 5.92 Å². The zero-order valence-corrected chi connectivity index (χ0v) is 21.7. The van der Waals surface area contributed by atoms with E-state index in [1.54, 1.807) is 23.1 Å². The van der Waals surface area contributed by atoms with Crippen LogP contribution >= 0.6 is 0 Å². The van der Waals surface area contributed by atoms with Crippen LogP contribution < -0.4 is 30.5 Å². The van der Waals surface area contributed by atoms with E-state index in [1.165, 1.54) is 7.11 Å². The maximum absolute atomic E-state index is 12.9. The van der Waals surface area contributed by atoms with Crippen molar-refractivity contribution in [1.82, 2.24) is 10.7 Å². The average Bonchev–Trinajstić information content (AvgIpc) is 3.33. The normalized spacial score (nSPS) is 14.7. The van der Waals surface area contributed by atoms with Gasteiger partial charge in [-0.2, -0.15) is 0 Å². The Labute approximate surface area is 222 Å². The van der Waals surface area contributed by atoms with Crippen molar-refractivity contribution in [3.05, 3.63) is 83.4 Å². The van der Waals surface area contributed by atoms with Gasteiger partial charge in [-0.1, -0.05) is 42.5 Å². The molecule has 1 aliphatic rings. The minimum atomic E-state index is -0.518. The van der Waals surface area contributed by atoms with Gasteiger partial charge in [-0.3, -0.25) is 25.2 Å². The molecule has 0 aliphatic carbocycles. The number of amides is 3. The first-order valence-electron chi connectivity index (χ1n) is 12.4. The SMILES string of the molecule is COc1cccc(NNC(=O)[C@@H]2CC(=O)N(c3ccc(C)c(C)c3)C2)c1OCC(=O)NCc1ccccc1. The molecule has 38 heavy (non-hydrogen) atoms. The number of hydrogen-bond acceptors (Lipinski definition) is 6. The highest BCUT2D eigenvalue weighted by Gasteiger charge is 2.35. The maximum atomic E-state index is 12.9. The Kier molecular flexibility index (Phi) is 8.47. The zero-order valence-electron chi connectivity index (χ0n) is 21.7. The van der Waals surface area contributed by atoms with Crippen LogP contribution in [0.4, 0.5) is 11.4 Å². The molecule has 3 amide bonds. The van der Waals surface area contributed by atoms with Gasteiger partial charge in [0.15, 0.2) is 18.1 Å². The first kappa shape index (κ1) is 26.5. The van der Waals surface area contributed by atoms with Crippen molar-refractivity contribution in [1.29, 1.82) is 0 Å². The maximum Gasteiger partial charge on any atom is 0.258 e. The van der Waals surface area contributed by atoms with E-state index >= 15 is 0 Å². The van der Waals surface area contributed by atoms with Gasteiger partial charge >= 0.3 is 0 Å². The molecule has 0 unspecified atom stereocenters. The third-order valence-electron chi connectivity index (χ3n) is 6.50. The number of nitrogens with zero attached hydrogens (tertiary/aromatic N) is 1. The second-order valence-electron chi connectivity index (χ2n) is 9.18. The Morgan fingerprint density at radius 1 is 1.00 bits per heavy atom. The topological polar surface area (TPSA) is 109 Å². The summed E-state index contributed by atoms with van der Waals surface area (Å²) in [7, 11) is 1.49. The molecule has 198 valence electrons. The standard InChI is InChI=1S/C29H32N4O5/c1-19-12-13-23(14-20(19)2)33-17-22(15-27(33)35)29(36)32-31-24-10-7-11-25(37-3)28(24)38-18-26(34)30-16-21-8-5-4-6-9-21/h4-14,22,31H,15-18H2,1-3H3,(H,30,34)(H,32,36)/t22-/m1/s1. The lowest BCUT2D eigenvalue weighted by molar-refractivity contribution is -0.126. The molecule has 1 heterocycles. The van der Waals surface area contributed by atoms with Crippen molar-refractivity contribution in [2.45, 2.75) is 26.8 Å². The zero-order chi connectivity index (χ0) is 27.1. The third kappa shape index (κ3) is 6.42. The van der Waals surface area contributed by atoms with E-state index in [4.69, 9.17) is 9.47 Å². The van der Waals surface area contributed by atoms with E-state index in [0.29, 0.717) is 18.0 Å². The number of para-hydroxylation sites is 1. The molecule has 4 rings (SSSR count). The van der Waals surface area contributed by atoms with Crippen LogP contribution in [0.2, 0.25) is 0 Å². The highest BCUT2D eigenvalue weighted by atomic mass is 16.5. The van der Waals surface area contributed by atoms with Crippen LogP contribution in [0.1, 0.15) is 23.1 Å². The monoisotopic (exact) mass is 516 g/mol. The molecule has 9 heteroatoms. The van der Waals surface area contributed by atoms with Crippen LogP contribution in [0.15, 0.2) is 66.7 Å². The molecule has 0 saturated carbocycles. The fourth-order valence-corrected chi connectivity index (χ4v) is 4.17. The molecule has 3 aromatic carbocycles. The predicted molar refractivity (Wildman–Crippen MR) is 145 cm³/mol. The first-order chi connectivity index (χ1) is 18.4. The summed E-state index contributed by atoms with van der Waals surface area (Å²) in [5, 5.41) is 2.81. The van der Waals surface area contributed by atoms with E-state index in [0.717, 1.165) is 22.4 Å². The summed E-state index contributed by atoms with van der Waals surface area (Å²) in [4.78, 5) is 39.6. The molecule has 3 N–H and O–H groups in total. The molecule has 0 bridgehead atoms. The number of rotatable bonds is 10. The molecule has 0 aromatic heterocycles. The Balaban J connectivity index is 1.35. The second kappa shape index (κ2) is 12.1. The molecular weight excluding hydrogens is 484 g/mol. The van der Waals surface area contributed by atoms with Crippen molar-refractivity contribution in [3.8, 4) is 11.5 Å². The number of ether oxygens (including phenoxy) is 2. The Bertz CT molecular complexity index is 1310. The Morgan fingerprint density at radius 3 is 2.53 bits per heavy atom. The van der Waals surface area contributed by atoms with Crippen molar-refractivity contribution in [2.75, 3.05) is 30.6 Å². The lowest BCUT2D eigenvalue weighted by Gasteiger charge is -2.19. The van der Waals surface area contributed by atoms with Crippen molar-refractivity contribution in [3.63, 3.8) is 0 Å². The van der Waals surface area contributed by atoms with Crippen LogP contribution in [0.5, 0.6) is 11.5 Å². The van der Waals surface area contributed by atoms with Gasteiger partial charge in [0.25, 0.3) is 5.91 Å². The number of anilines is 2. The summed E-state index contributed by atoms with van der Waals surface area (Å²) in [5.74, 6) is -0.554. The van der Waals surface area contributed by atoms with Gasteiger partial charge in [-0.15, -0.1) is 0 Å². The van der Waals surface area contributed by atoms with Crippen molar-refractivity contribution < 1.29 is 23.9 Å². The highest BCUT2D eigenvalue weighted by molar-refractivity contribution is 6.00. The van der Waals surface area contributed by atoms with Crippen molar-refractivity contribution in [2.24, 2.45) is 5.92 Å². The number of carbonyl (C=O) groups excluding carboxylic acids is 3. The summed E-state index contributed by atoms with van der Waals surface area (Å²) in [6.45, 7) is 4.44. The number of methoxy groups -OCH3 is 1. The number of hydrazine groups is 1. The average molecular weight is 517 g/mol. The Morgan fingerprint density at radius 2 is 1.79 bits per heavy atom. The van der Waals surface area contributed by atoms with Crippen LogP contribution in [-0.4, -0.2) is 38.0 Å².